The highest BCUT2D eigenvalue weighted by atomic mass is 19.4. The number of carbonyl (C=O) groups is 1. The second-order valence-corrected chi connectivity index (χ2v) is 5.92. The second-order valence-electron chi connectivity index (χ2n) is 5.92. The van der Waals surface area contributed by atoms with Gasteiger partial charge in [-0.15, -0.1) is 0 Å². The Morgan fingerprint density at radius 1 is 1.26 bits per heavy atom. The standard InChI is InChI=1S/C15H16N4O.C2HF3O2/c1-18(2)8-11-4-3-5-12(6-11)13-7-14-15(20)16-10-17-19(14)9-13;3-2(4,5)1(6)7/h3-7,9-10H,8H2,1-2H3,(H,16,17,20);(H,6,7). The fraction of sp³-hybridized carbons (Fsp3) is 0.235. The monoisotopic (exact) mass is 382 g/mol. The molecule has 3 rings (SSSR count). The zero-order chi connectivity index (χ0) is 20.2. The molecule has 0 saturated carbocycles. The lowest BCUT2D eigenvalue weighted by Crippen LogP contribution is -2.21. The maximum absolute atomic E-state index is 11.7. The number of aromatic nitrogens is 3. The Morgan fingerprint density at radius 3 is 2.48 bits per heavy atom. The van der Waals surface area contributed by atoms with E-state index in [4.69, 9.17) is 9.90 Å². The highest BCUT2D eigenvalue weighted by molar-refractivity contribution is 5.73. The summed E-state index contributed by atoms with van der Waals surface area (Å²) in [4.78, 5) is 25.3. The molecule has 144 valence electrons. The summed E-state index contributed by atoms with van der Waals surface area (Å²) in [7, 11) is 4.09. The first-order valence-electron chi connectivity index (χ1n) is 7.68. The predicted molar refractivity (Wildman–Crippen MR) is 92.3 cm³/mol. The molecule has 27 heavy (non-hydrogen) atoms. The van der Waals surface area contributed by atoms with E-state index in [9.17, 15) is 18.0 Å². The minimum atomic E-state index is -5.08. The number of H-pyrrole nitrogens is 1. The molecule has 3 aromatic rings. The molecule has 0 amide bonds. The number of aliphatic carboxylic acids is 1. The van der Waals surface area contributed by atoms with Gasteiger partial charge in [-0.05, 0) is 37.4 Å². The van der Waals surface area contributed by atoms with Crippen LogP contribution >= 0.6 is 0 Å². The molecule has 0 unspecified atom stereocenters. The van der Waals surface area contributed by atoms with E-state index >= 15 is 0 Å². The van der Waals surface area contributed by atoms with Gasteiger partial charge in [0.25, 0.3) is 5.56 Å². The van der Waals surface area contributed by atoms with E-state index in [1.54, 1.807) is 4.52 Å². The van der Waals surface area contributed by atoms with E-state index in [2.05, 4.69) is 27.1 Å². The normalized spacial score (nSPS) is 11.3. The quantitative estimate of drug-likeness (QED) is 0.726. The summed E-state index contributed by atoms with van der Waals surface area (Å²) in [6.07, 6.45) is -1.80. The minimum absolute atomic E-state index is 0.129. The van der Waals surface area contributed by atoms with E-state index in [0.717, 1.165) is 17.7 Å². The summed E-state index contributed by atoms with van der Waals surface area (Å²) in [6, 6.07) is 10.2. The molecule has 0 saturated heterocycles. The molecule has 2 heterocycles. The van der Waals surface area contributed by atoms with Crippen molar-refractivity contribution >= 4 is 11.5 Å². The number of aromatic amines is 1. The van der Waals surface area contributed by atoms with Crippen LogP contribution in [0.25, 0.3) is 16.6 Å². The van der Waals surface area contributed by atoms with Crippen LogP contribution in [0.15, 0.2) is 47.7 Å². The zero-order valence-electron chi connectivity index (χ0n) is 14.5. The van der Waals surface area contributed by atoms with Crippen LogP contribution < -0.4 is 5.56 Å². The van der Waals surface area contributed by atoms with Crippen LogP contribution in [0.5, 0.6) is 0 Å². The largest absolute Gasteiger partial charge is 0.490 e. The summed E-state index contributed by atoms with van der Waals surface area (Å²) in [5.74, 6) is -2.76. The van der Waals surface area contributed by atoms with Crippen molar-refractivity contribution in [1.82, 2.24) is 19.5 Å². The van der Waals surface area contributed by atoms with Crippen LogP contribution in [0.4, 0.5) is 13.2 Å². The SMILES string of the molecule is CN(C)Cc1cccc(-c2cc3c(=O)[nH]cnn3c2)c1.O=C(O)C(F)(F)F. The number of carboxylic acids is 1. The molecule has 7 nitrogen and oxygen atoms in total. The molecule has 0 aliphatic carbocycles. The summed E-state index contributed by atoms with van der Waals surface area (Å²) in [5, 5.41) is 11.2. The van der Waals surface area contributed by atoms with Gasteiger partial charge >= 0.3 is 12.1 Å². The van der Waals surface area contributed by atoms with Crippen LogP contribution in [-0.2, 0) is 11.3 Å². The average molecular weight is 382 g/mol. The fourth-order valence-corrected chi connectivity index (χ4v) is 2.31. The number of halogens is 3. The molecule has 0 spiro atoms. The van der Waals surface area contributed by atoms with Gasteiger partial charge in [0.1, 0.15) is 11.8 Å². The van der Waals surface area contributed by atoms with Gasteiger partial charge in [0.05, 0.1) is 0 Å². The number of hydrogen-bond acceptors (Lipinski definition) is 4. The molecule has 0 aliphatic rings. The number of carboxylic acid groups (broad SMARTS) is 1. The van der Waals surface area contributed by atoms with E-state index in [1.807, 2.05) is 38.5 Å². The Kier molecular flexibility index (Phi) is 6.01. The number of alkyl halides is 3. The van der Waals surface area contributed by atoms with Crippen molar-refractivity contribution in [2.75, 3.05) is 14.1 Å². The minimum Gasteiger partial charge on any atom is -0.475 e. The molecule has 0 radical (unpaired) electrons. The Balaban J connectivity index is 0.000000321. The Hall–Kier alpha value is -3.14. The fourth-order valence-electron chi connectivity index (χ4n) is 2.31. The summed E-state index contributed by atoms with van der Waals surface area (Å²) in [5.41, 5.74) is 3.75. The van der Waals surface area contributed by atoms with Gasteiger partial charge in [0, 0.05) is 18.3 Å². The van der Waals surface area contributed by atoms with Crippen molar-refractivity contribution < 1.29 is 23.1 Å². The molecular weight excluding hydrogens is 365 g/mol. The van der Waals surface area contributed by atoms with Crippen LogP contribution in [-0.4, -0.2) is 50.8 Å². The van der Waals surface area contributed by atoms with E-state index in [0.29, 0.717) is 5.52 Å². The van der Waals surface area contributed by atoms with Gasteiger partial charge < -0.3 is 15.0 Å². The van der Waals surface area contributed by atoms with Crippen LogP contribution in [0, 0.1) is 0 Å². The Labute approximate surface area is 151 Å². The molecular formula is C17H17F3N4O3. The van der Waals surface area contributed by atoms with Gasteiger partial charge in [-0.25, -0.2) is 9.31 Å². The number of fused-ring (bicyclic) bond motifs is 1. The molecule has 10 heteroatoms. The first-order chi connectivity index (χ1) is 12.6. The maximum Gasteiger partial charge on any atom is 0.490 e. The lowest BCUT2D eigenvalue weighted by Gasteiger charge is -2.10. The highest BCUT2D eigenvalue weighted by Crippen LogP contribution is 2.22. The van der Waals surface area contributed by atoms with Crippen LogP contribution in [0.2, 0.25) is 0 Å². The average Bonchev–Trinajstić information content (AvgIpc) is 3.00. The van der Waals surface area contributed by atoms with Gasteiger partial charge in [0.2, 0.25) is 0 Å². The van der Waals surface area contributed by atoms with Crippen molar-refractivity contribution in [1.29, 1.82) is 0 Å². The van der Waals surface area contributed by atoms with Gasteiger partial charge in [-0.1, -0.05) is 18.2 Å². The van der Waals surface area contributed by atoms with Crippen LogP contribution in [0.3, 0.4) is 0 Å². The van der Waals surface area contributed by atoms with Gasteiger partial charge in [-0.2, -0.15) is 18.3 Å². The lowest BCUT2D eigenvalue weighted by molar-refractivity contribution is -0.192. The topological polar surface area (TPSA) is 90.7 Å². The van der Waals surface area contributed by atoms with Crippen molar-refractivity contribution in [2.24, 2.45) is 0 Å². The number of benzene rings is 1. The number of rotatable bonds is 3. The van der Waals surface area contributed by atoms with Crippen molar-refractivity contribution in [3.8, 4) is 11.1 Å². The first-order valence-corrected chi connectivity index (χ1v) is 7.68. The smallest absolute Gasteiger partial charge is 0.475 e. The Morgan fingerprint density at radius 2 is 1.93 bits per heavy atom. The molecule has 2 N–H and O–H groups in total. The van der Waals surface area contributed by atoms with Crippen LogP contribution in [0.1, 0.15) is 5.56 Å². The zero-order valence-corrected chi connectivity index (χ0v) is 14.5. The van der Waals surface area contributed by atoms with Crippen molar-refractivity contribution in [2.45, 2.75) is 12.7 Å². The third-order valence-electron chi connectivity index (χ3n) is 3.41. The summed E-state index contributed by atoms with van der Waals surface area (Å²) < 4.78 is 33.3. The lowest BCUT2D eigenvalue weighted by atomic mass is 10.1. The van der Waals surface area contributed by atoms with E-state index < -0.39 is 12.1 Å². The summed E-state index contributed by atoms with van der Waals surface area (Å²) >= 11 is 0. The van der Waals surface area contributed by atoms with Crippen molar-refractivity contribution in [3.63, 3.8) is 0 Å². The van der Waals surface area contributed by atoms with Crippen molar-refractivity contribution in [3.05, 3.63) is 58.8 Å². The van der Waals surface area contributed by atoms with E-state index in [-0.39, 0.29) is 5.56 Å². The van der Waals surface area contributed by atoms with Gasteiger partial charge in [0.15, 0.2) is 0 Å². The molecule has 0 atom stereocenters. The second kappa shape index (κ2) is 8.04. The maximum atomic E-state index is 11.7. The number of nitrogens with one attached hydrogen (secondary N) is 1. The van der Waals surface area contributed by atoms with Gasteiger partial charge in [-0.3, -0.25) is 4.79 Å². The number of hydrogen-bond donors (Lipinski definition) is 2. The third kappa shape index (κ3) is 5.42. The number of nitrogens with zero attached hydrogens (tertiary/aromatic N) is 3. The first kappa shape index (κ1) is 20.2. The highest BCUT2D eigenvalue weighted by Gasteiger charge is 2.38. The third-order valence-corrected chi connectivity index (χ3v) is 3.41. The Bertz CT molecular complexity index is 993. The molecule has 0 fully saturated rings. The summed E-state index contributed by atoms with van der Waals surface area (Å²) in [6.45, 7) is 0.889. The molecule has 0 bridgehead atoms. The van der Waals surface area contributed by atoms with E-state index in [1.165, 1.54) is 11.9 Å². The molecule has 2 aromatic heterocycles. The molecule has 1 aromatic carbocycles. The molecule has 0 aliphatic heterocycles. The predicted octanol–water partition coefficient (Wildman–Crippen LogP) is 2.38.